The summed E-state index contributed by atoms with van der Waals surface area (Å²) in [5.74, 6) is 0.0000419. The molecule has 46 heavy (non-hydrogen) atoms. The number of carbonyl (C=O) groups excluding carboxylic acids is 2. The van der Waals surface area contributed by atoms with Gasteiger partial charge in [0.25, 0.3) is 0 Å². The smallest absolute Gasteiger partial charge is 0.407 e. The number of nitrogens with zero attached hydrogens (tertiary/aromatic N) is 1. The van der Waals surface area contributed by atoms with Gasteiger partial charge in [-0.3, -0.25) is 4.79 Å². The molecule has 0 saturated heterocycles. The minimum absolute atomic E-state index is 0.0125. The molecular weight excluding hydrogens is 610 g/mol. The van der Waals surface area contributed by atoms with Gasteiger partial charge in [0, 0.05) is 31.1 Å². The predicted molar refractivity (Wildman–Crippen MR) is 173 cm³/mol. The molecule has 2 amide bonds. The first kappa shape index (κ1) is 34.7. The molecule has 4 rings (SSSR count). The van der Waals surface area contributed by atoms with Gasteiger partial charge in [-0.1, -0.05) is 80.9 Å². The largest absolute Gasteiger partial charge is 0.454 e. The first-order valence-electron chi connectivity index (χ1n) is 15.4. The van der Waals surface area contributed by atoms with Crippen molar-refractivity contribution in [3.8, 4) is 11.5 Å². The van der Waals surface area contributed by atoms with E-state index in [1.165, 1.54) is 23.5 Å². The van der Waals surface area contributed by atoms with Gasteiger partial charge in [-0.2, -0.15) is 4.31 Å². The Morgan fingerprint density at radius 2 is 1.57 bits per heavy atom. The highest BCUT2D eigenvalue weighted by atomic mass is 32.2. The van der Waals surface area contributed by atoms with Crippen molar-refractivity contribution in [3.63, 3.8) is 0 Å². The van der Waals surface area contributed by atoms with Crippen LogP contribution in [0.3, 0.4) is 0 Å². The molecule has 0 spiro atoms. The number of aliphatic hydroxyl groups excluding tert-OH is 1. The lowest BCUT2D eigenvalue weighted by atomic mass is 9.84. The van der Waals surface area contributed by atoms with Crippen molar-refractivity contribution in [3.05, 3.63) is 90.0 Å². The van der Waals surface area contributed by atoms with Crippen LogP contribution in [0.1, 0.15) is 50.2 Å². The van der Waals surface area contributed by atoms with Crippen LogP contribution < -0.4 is 20.1 Å². The van der Waals surface area contributed by atoms with Crippen LogP contribution in [0.25, 0.3) is 0 Å². The SMILES string of the molecule is COC(=O)NC(C(=O)NCCCCC(CO)N(CC(C)C)S(=O)(=O)c1ccc2c(c1)OCO2)C(c1ccccc1)c1ccccc1. The molecule has 0 aliphatic carbocycles. The Hall–Kier alpha value is -4.13. The highest BCUT2D eigenvalue weighted by molar-refractivity contribution is 7.89. The second-order valence-electron chi connectivity index (χ2n) is 11.5. The summed E-state index contributed by atoms with van der Waals surface area (Å²) in [5, 5.41) is 16.0. The summed E-state index contributed by atoms with van der Waals surface area (Å²) in [7, 11) is -2.71. The van der Waals surface area contributed by atoms with E-state index in [1.54, 1.807) is 6.07 Å². The van der Waals surface area contributed by atoms with E-state index in [-0.39, 0.29) is 43.2 Å². The fourth-order valence-electron chi connectivity index (χ4n) is 5.51. The lowest BCUT2D eigenvalue weighted by Crippen LogP contribution is -2.50. The predicted octanol–water partition coefficient (Wildman–Crippen LogP) is 4.27. The van der Waals surface area contributed by atoms with E-state index in [0.717, 1.165) is 11.1 Å². The molecule has 1 aliphatic heterocycles. The Balaban J connectivity index is 1.43. The topological polar surface area (TPSA) is 143 Å². The molecule has 0 aromatic heterocycles. The van der Waals surface area contributed by atoms with Crippen molar-refractivity contribution < 1.29 is 37.3 Å². The van der Waals surface area contributed by atoms with E-state index in [2.05, 4.69) is 10.6 Å². The highest BCUT2D eigenvalue weighted by Crippen LogP contribution is 2.35. The summed E-state index contributed by atoms with van der Waals surface area (Å²) in [6.07, 6.45) is 0.709. The third-order valence-electron chi connectivity index (χ3n) is 7.77. The maximum Gasteiger partial charge on any atom is 0.407 e. The molecule has 2 unspecified atom stereocenters. The zero-order valence-electron chi connectivity index (χ0n) is 26.4. The minimum atomic E-state index is -3.96. The number of hydrogen-bond acceptors (Lipinski definition) is 8. The van der Waals surface area contributed by atoms with E-state index < -0.39 is 34.1 Å². The zero-order chi connectivity index (χ0) is 33.1. The molecule has 3 aromatic carbocycles. The van der Waals surface area contributed by atoms with Gasteiger partial charge in [0.1, 0.15) is 6.04 Å². The normalized spacial score (nSPS) is 13.9. The van der Waals surface area contributed by atoms with E-state index in [0.29, 0.717) is 30.8 Å². The number of hydrogen-bond donors (Lipinski definition) is 3. The van der Waals surface area contributed by atoms with Gasteiger partial charge in [-0.15, -0.1) is 0 Å². The molecule has 11 nitrogen and oxygen atoms in total. The van der Waals surface area contributed by atoms with Crippen molar-refractivity contribution in [2.75, 3.05) is 33.6 Å². The number of rotatable bonds is 16. The fraction of sp³-hybridized carbons (Fsp3) is 0.412. The molecule has 1 heterocycles. The third-order valence-corrected chi connectivity index (χ3v) is 9.68. The summed E-state index contributed by atoms with van der Waals surface area (Å²) in [4.78, 5) is 26.0. The lowest BCUT2D eigenvalue weighted by molar-refractivity contribution is -0.123. The number of fused-ring (bicyclic) bond motifs is 1. The maximum atomic E-state index is 13.7. The minimum Gasteiger partial charge on any atom is -0.454 e. The number of nitrogens with one attached hydrogen (secondary N) is 2. The average molecular weight is 654 g/mol. The molecule has 0 bridgehead atoms. The van der Waals surface area contributed by atoms with Gasteiger partial charge in [0.15, 0.2) is 11.5 Å². The first-order valence-corrected chi connectivity index (χ1v) is 16.8. The highest BCUT2D eigenvalue weighted by Gasteiger charge is 2.34. The second kappa shape index (κ2) is 16.4. The summed E-state index contributed by atoms with van der Waals surface area (Å²) in [6, 6.07) is 21.8. The van der Waals surface area contributed by atoms with Gasteiger partial charge in [0.2, 0.25) is 22.7 Å². The van der Waals surface area contributed by atoms with Crippen LogP contribution in [-0.2, 0) is 19.6 Å². The van der Waals surface area contributed by atoms with Crippen molar-refractivity contribution in [1.82, 2.24) is 14.9 Å². The van der Waals surface area contributed by atoms with Gasteiger partial charge in [-0.25, -0.2) is 13.2 Å². The number of carbonyl (C=O) groups is 2. The van der Waals surface area contributed by atoms with Crippen LogP contribution in [0.2, 0.25) is 0 Å². The summed E-state index contributed by atoms with van der Waals surface area (Å²) < 4.78 is 44.4. The van der Waals surface area contributed by atoms with Gasteiger partial charge < -0.3 is 30.0 Å². The Labute approximate surface area is 270 Å². The average Bonchev–Trinajstić information content (AvgIpc) is 3.54. The summed E-state index contributed by atoms with van der Waals surface area (Å²) in [5.41, 5.74) is 1.70. The lowest BCUT2D eigenvalue weighted by Gasteiger charge is -2.31. The van der Waals surface area contributed by atoms with E-state index in [9.17, 15) is 23.1 Å². The van der Waals surface area contributed by atoms with Crippen molar-refractivity contribution in [2.24, 2.45) is 5.92 Å². The molecule has 248 valence electrons. The van der Waals surface area contributed by atoms with Crippen LogP contribution in [0.4, 0.5) is 4.79 Å². The van der Waals surface area contributed by atoms with Crippen molar-refractivity contribution >= 4 is 22.0 Å². The fourth-order valence-corrected chi connectivity index (χ4v) is 7.34. The molecule has 0 radical (unpaired) electrons. The quantitative estimate of drug-likeness (QED) is 0.195. The zero-order valence-corrected chi connectivity index (χ0v) is 27.2. The van der Waals surface area contributed by atoms with E-state index >= 15 is 0 Å². The standard InChI is InChI=1S/C34H43N3O8S/c1-24(2)21-37(46(41,42)28-17-18-29-30(20-28)45-23-44-29)27(22-38)16-10-11-19-35-33(39)32(36-34(40)43-3)31(25-12-6-4-7-13-25)26-14-8-5-9-15-26/h4-9,12-15,17-18,20,24,27,31-32,38H,10-11,16,19,21-23H2,1-3H3,(H,35,39)(H,36,40). The Kier molecular flexibility index (Phi) is 12.4. The summed E-state index contributed by atoms with van der Waals surface area (Å²) >= 11 is 0. The molecule has 3 N–H and O–H groups in total. The van der Waals surface area contributed by atoms with Crippen molar-refractivity contribution in [1.29, 1.82) is 0 Å². The van der Waals surface area contributed by atoms with Crippen LogP contribution in [-0.4, -0.2) is 75.5 Å². The maximum absolute atomic E-state index is 13.7. The molecule has 0 saturated carbocycles. The van der Waals surface area contributed by atoms with Gasteiger partial charge in [-0.05, 0) is 42.0 Å². The van der Waals surface area contributed by atoms with Crippen molar-refractivity contribution in [2.45, 2.75) is 56.0 Å². The second-order valence-corrected chi connectivity index (χ2v) is 13.4. The number of aliphatic hydroxyl groups is 1. The number of benzene rings is 3. The Bertz CT molecular complexity index is 1500. The van der Waals surface area contributed by atoms with Crippen LogP contribution >= 0.6 is 0 Å². The van der Waals surface area contributed by atoms with Crippen LogP contribution in [0, 0.1) is 5.92 Å². The molecule has 2 atom stereocenters. The van der Waals surface area contributed by atoms with Crippen LogP contribution in [0.5, 0.6) is 11.5 Å². The number of unbranched alkanes of at least 4 members (excludes halogenated alkanes) is 1. The molecule has 3 aromatic rings. The third kappa shape index (κ3) is 8.77. The van der Waals surface area contributed by atoms with Crippen LogP contribution in [0.15, 0.2) is 83.8 Å². The Morgan fingerprint density at radius 1 is 0.935 bits per heavy atom. The van der Waals surface area contributed by atoms with E-state index in [1.807, 2.05) is 74.5 Å². The molecule has 12 heteroatoms. The van der Waals surface area contributed by atoms with Gasteiger partial charge >= 0.3 is 6.09 Å². The molecular formula is C34H43N3O8S. The van der Waals surface area contributed by atoms with Gasteiger partial charge in [0.05, 0.1) is 18.6 Å². The number of methoxy groups -OCH3 is 1. The number of amides is 2. The monoisotopic (exact) mass is 653 g/mol. The number of ether oxygens (including phenoxy) is 3. The number of alkyl carbamates (subject to hydrolysis) is 1. The molecule has 0 fully saturated rings. The summed E-state index contributed by atoms with van der Waals surface area (Å²) in [6.45, 7) is 4.02. The molecule has 1 aliphatic rings. The van der Waals surface area contributed by atoms with E-state index in [4.69, 9.17) is 14.2 Å². The Morgan fingerprint density at radius 3 is 2.15 bits per heavy atom. The first-order chi connectivity index (χ1) is 22.1. The number of sulfonamides is 1.